The molecule has 0 bridgehead atoms. The molecule has 1 aromatic carbocycles. The summed E-state index contributed by atoms with van der Waals surface area (Å²) >= 11 is 12.0. The summed E-state index contributed by atoms with van der Waals surface area (Å²) in [6.45, 7) is 3.30. The van der Waals surface area contributed by atoms with Crippen molar-refractivity contribution in [3.05, 3.63) is 33.8 Å². The molecule has 0 saturated heterocycles. The molecule has 7 heteroatoms. The molecular weight excluding hydrogens is 325 g/mol. The fraction of sp³-hybridized carbons (Fsp3) is 0.533. The summed E-state index contributed by atoms with van der Waals surface area (Å²) in [7, 11) is 3.39. The number of methoxy groups -OCH3 is 1. The van der Waals surface area contributed by atoms with Crippen molar-refractivity contribution in [1.29, 1.82) is 0 Å². The molecule has 0 heterocycles. The van der Waals surface area contributed by atoms with Gasteiger partial charge in [-0.1, -0.05) is 29.3 Å². The molecule has 0 fully saturated rings. The fourth-order valence-electron chi connectivity index (χ4n) is 1.69. The number of ether oxygens (including phenoxy) is 2. The molecule has 1 rings (SSSR count). The Hall–Kier alpha value is -1.01. The van der Waals surface area contributed by atoms with E-state index in [0.29, 0.717) is 36.4 Å². The van der Waals surface area contributed by atoms with E-state index in [-0.39, 0.29) is 0 Å². The second kappa shape index (κ2) is 11.5. The van der Waals surface area contributed by atoms with E-state index in [1.807, 2.05) is 12.1 Å². The van der Waals surface area contributed by atoms with Gasteiger partial charge >= 0.3 is 0 Å². The van der Waals surface area contributed by atoms with Gasteiger partial charge in [-0.2, -0.15) is 0 Å². The zero-order valence-corrected chi connectivity index (χ0v) is 14.5. The number of benzene rings is 1. The lowest BCUT2D eigenvalue weighted by molar-refractivity contribution is 0.0698. The number of rotatable bonds is 9. The van der Waals surface area contributed by atoms with Crippen molar-refractivity contribution < 1.29 is 9.47 Å². The maximum absolute atomic E-state index is 6.13. The zero-order valence-electron chi connectivity index (χ0n) is 13.0. The average molecular weight is 348 g/mol. The molecule has 0 saturated carbocycles. The highest BCUT2D eigenvalue weighted by Gasteiger charge is 2.03. The quantitative estimate of drug-likeness (QED) is 0.409. The van der Waals surface area contributed by atoms with Crippen LogP contribution in [0, 0.1) is 0 Å². The first-order valence-electron chi connectivity index (χ1n) is 7.12. The summed E-state index contributed by atoms with van der Waals surface area (Å²) in [5, 5.41) is 7.70. The predicted molar refractivity (Wildman–Crippen MR) is 92.0 cm³/mol. The van der Waals surface area contributed by atoms with E-state index in [0.717, 1.165) is 24.5 Å². The summed E-state index contributed by atoms with van der Waals surface area (Å²) in [4.78, 5) is 4.16. The van der Waals surface area contributed by atoms with Crippen molar-refractivity contribution in [3.63, 3.8) is 0 Å². The van der Waals surface area contributed by atoms with Crippen LogP contribution in [0.15, 0.2) is 23.2 Å². The molecular formula is C15H23Cl2N3O2. The van der Waals surface area contributed by atoms with Gasteiger partial charge in [0.15, 0.2) is 5.96 Å². The summed E-state index contributed by atoms with van der Waals surface area (Å²) in [5.74, 6) is 0.725. The van der Waals surface area contributed by atoms with Gasteiger partial charge in [0.05, 0.1) is 13.2 Å². The Balaban J connectivity index is 2.22. The fourth-order valence-corrected chi connectivity index (χ4v) is 2.17. The van der Waals surface area contributed by atoms with Gasteiger partial charge in [-0.15, -0.1) is 0 Å². The van der Waals surface area contributed by atoms with E-state index < -0.39 is 0 Å². The van der Waals surface area contributed by atoms with E-state index in [4.69, 9.17) is 32.7 Å². The van der Waals surface area contributed by atoms with Gasteiger partial charge in [-0.25, -0.2) is 0 Å². The van der Waals surface area contributed by atoms with Gasteiger partial charge in [0.1, 0.15) is 0 Å². The molecule has 2 N–H and O–H groups in total. The lowest BCUT2D eigenvalue weighted by atomic mass is 10.2. The third-order valence-electron chi connectivity index (χ3n) is 2.87. The summed E-state index contributed by atoms with van der Waals surface area (Å²) < 4.78 is 10.3. The highest BCUT2D eigenvalue weighted by molar-refractivity contribution is 6.35. The molecule has 0 aromatic heterocycles. The first-order chi connectivity index (χ1) is 10.7. The second-order valence-corrected chi connectivity index (χ2v) is 5.39. The number of nitrogens with zero attached hydrogens (tertiary/aromatic N) is 1. The first-order valence-corrected chi connectivity index (χ1v) is 7.88. The summed E-state index contributed by atoms with van der Waals surface area (Å²) in [5.41, 5.74) is 0.969. The molecule has 0 aliphatic carbocycles. The Morgan fingerprint density at radius 1 is 1.18 bits per heavy atom. The Morgan fingerprint density at radius 2 is 2.00 bits per heavy atom. The van der Waals surface area contributed by atoms with Gasteiger partial charge in [-0.05, 0) is 24.1 Å². The van der Waals surface area contributed by atoms with Crippen LogP contribution in [0.4, 0.5) is 0 Å². The van der Waals surface area contributed by atoms with Crippen LogP contribution in [-0.4, -0.2) is 46.5 Å². The van der Waals surface area contributed by atoms with Crippen molar-refractivity contribution in [2.24, 2.45) is 4.99 Å². The minimum Gasteiger partial charge on any atom is -0.382 e. The lowest BCUT2D eigenvalue weighted by Crippen LogP contribution is -2.37. The highest BCUT2D eigenvalue weighted by atomic mass is 35.5. The van der Waals surface area contributed by atoms with Crippen LogP contribution in [0.25, 0.3) is 0 Å². The predicted octanol–water partition coefficient (Wildman–Crippen LogP) is 2.71. The molecule has 22 heavy (non-hydrogen) atoms. The molecule has 0 radical (unpaired) electrons. The van der Waals surface area contributed by atoms with Crippen molar-refractivity contribution >= 4 is 29.2 Å². The van der Waals surface area contributed by atoms with E-state index in [9.17, 15) is 0 Å². The third-order valence-corrected chi connectivity index (χ3v) is 3.46. The number of hydrogen-bond donors (Lipinski definition) is 2. The van der Waals surface area contributed by atoms with Crippen LogP contribution in [0.2, 0.25) is 10.0 Å². The summed E-state index contributed by atoms with van der Waals surface area (Å²) in [6, 6.07) is 5.44. The Bertz CT molecular complexity index is 470. The molecule has 0 atom stereocenters. The Kier molecular flexibility index (Phi) is 9.99. The molecule has 0 unspecified atom stereocenters. The SMILES string of the molecule is CN=C(NCCCOCCOC)NCc1ccc(Cl)cc1Cl. The number of aliphatic imine (C=N–C) groups is 1. The average Bonchev–Trinajstić information content (AvgIpc) is 2.51. The van der Waals surface area contributed by atoms with Crippen LogP contribution in [0.1, 0.15) is 12.0 Å². The van der Waals surface area contributed by atoms with E-state index in [1.54, 1.807) is 20.2 Å². The van der Waals surface area contributed by atoms with Crippen LogP contribution < -0.4 is 10.6 Å². The van der Waals surface area contributed by atoms with Gasteiger partial charge in [0.25, 0.3) is 0 Å². The van der Waals surface area contributed by atoms with Crippen molar-refractivity contribution in [3.8, 4) is 0 Å². The molecule has 5 nitrogen and oxygen atoms in total. The molecule has 0 aliphatic heterocycles. The second-order valence-electron chi connectivity index (χ2n) is 4.55. The molecule has 0 spiro atoms. The van der Waals surface area contributed by atoms with Gasteiger partial charge in [0.2, 0.25) is 0 Å². The Labute approximate surface area is 142 Å². The number of hydrogen-bond acceptors (Lipinski definition) is 3. The largest absolute Gasteiger partial charge is 0.382 e. The molecule has 0 amide bonds. The third kappa shape index (κ3) is 7.84. The van der Waals surface area contributed by atoms with Crippen molar-refractivity contribution in [1.82, 2.24) is 10.6 Å². The van der Waals surface area contributed by atoms with Gasteiger partial charge in [0, 0.05) is 43.9 Å². The van der Waals surface area contributed by atoms with Crippen LogP contribution in [-0.2, 0) is 16.0 Å². The van der Waals surface area contributed by atoms with Gasteiger partial charge < -0.3 is 20.1 Å². The lowest BCUT2D eigenvalue weighted by Gasteiger charge is -2.13. The van der Waals surface area contributed by atoms with Crippen molar-refractivity contribution in [2.75, 3.05) is 40.5 Å². The minimum absolute atomic E-state index is 0.583. The zero-order chi connectivity index (χ0) is 16.2. The van der Waals surface area contributed by atoms with E-state index >= 15 is 0 Å². The number of halogens is 2. The van der Waals surface area contributed by atoms with Crippen LogP contribution in [0.3, 0.4) is 0 Å². The number of nitrogens with one attached hydrogen (secondary N) is 2. The molecule has 124 valence electrons. The number of guanidine groups is 1. The molecule has 1 aromatic rings. The normalized spacial score (nSPS) is 11.5. The van der Waals surface area contributed by atoms with Crippen LogP contribution >= 0.6 is 23.2 Å². The Morgan fingerprint density at radius 3 is 2.68 bits per heavy atom. The smallest absolute Gasteiger partial charge is 0.191 e. The maximum atomic E-state index is 6.13. The standard InChI is InChI=1S/C15H23Cl2N3O2/c1-18-15(19-6-3-7-22-9-8-21-2)20-11-12-4-5-13(16)10-14(12)17/h4-5,10H,3,6-9,11H2,1-2H3,(H2,18,19,20). The van der Waals surface area contributed by atoms with Crippen molar-refractivity contribution in [2.45, 2.75) is 13.0 Å². The monoisotopic (exact) mass is 347 g/mol. The van der Waals surface area contributed by atoms with E-state index in [2.05, 4.69) is 15.6 Å². The van der Waals surface area contributed by atoms with E-state index in [1.165, 1.54) is 0 Å². The van der Waals surface area contributed by atoms with Gasteiger partial charge in [-0.3, -0.25) is 4.99 Å². The van der Waals surface area contributed by atoms with Crippen LogP contribution in [0.5, 0.6) is 0 Å². The first kappa shape index (κ1) is 19.0. The highest BCUT2D eigenvalue weighted by Crippen LogP contribution is 2.20. The minimum atomic E-state index is 0.583. The topological polar surface area (TPSA) is 54.9 Å². The molecule has 0 aliphatic rings. The summed E-state index contributed by atoms with van der Waals surface area (Å²) in [6.07, 6.45) is 0.895. The maximum Gasteiger partial charge on any atom is 0.191 e.